The van der Waals surface area contributed by atoms with Gasteiger partial charge in [-0.2, -0.15) is 4.67 Å². The molecule has 2 N–H and O–H groups in total. The lowest BCUT2D eigenvalue weighted by molar-refractivity contribution is -0.142. The molecule has 0 aliphatic rings. The largest absolute Gasteiger partial charge is 0.480 e. The molecule has 0 bridgehead atoms. The van der Waals surface area contributed by atoms with Gasteiger partial charge < -0.3 is 10.2 Å². The van der Waals surface area contributed by atoms with Gasteiger partial charge in [0.05, 0.1) is 6.61 Å². The van der Waals surface area contributed by atoms with Gasteiger partial charge in [-0.05, 0) is 6.42 Å². The van der Waals surface area contributed by atoms with Gasteiger partial charge in [0.25, 0.3) is 0 Å². The minimum atomic E-state index is -2.99. The van der Waals surface area contributed by atoms with Gasteiger partial charge in [0, 0.05) is 6.54 Å². The van der Waals surface area contributed by atoms with E-state index in [0.717, 1.165) is 23.9 Å². The maximum absolute atomic E-state index is 11.2. The lowest BCUT2D eigenvalue weighted by Crippen LogP contribution is -2.39. The summed E-state index contributed by atoms with van der Waals surface area (Å²) in [6, 6.07) is -1.36. The first kappa shape index (κ1) is 25.3. The summed E-state index contributed by atoms with van der Waals surface area (Å²) >= 11 is 0. The maximum atomic E-state index is 11.2. The first-order valence-corrected chi connectivity index (χ1v) is 11.4. The Balaban J connectivity index is 3.55. The van der Waals surface area contributed by atoms with Crippen LogP contribution in [0.15, 0.2) is 0 Å². The fourth-order valence-corrected chi connectivity index (χ4v) is 3.82. The molecule has 6 nitrogen and oxygen atoms in total. The zero-order valence-electron chi connectivity index (χ0n) is 16.4. The fourth-order valence-electron chi connectivity index (χ4n) is 3.12. The number of aliphatic hydroxyl groups excluding tert-OH is 1. The number of nitrogens with zero attached hydrogens (tertiary/aromatic N) is 1. The zero-order chi connectivity index (χ0) is 19.6. The van der Waals surface area contributed by atoms with Crippen LogP contribution in [-0.4, -0.2) is 40.0 Å². The van der Waals surface area contributed by atoms with Crippen molar-refractivity contribution in [2.24, 2.45) is 0 Å². The third kappa shape index (κ3) is 13.5. The molecule has 26 heavy (non-hydrogen) atoms. The van der Waals surface area contributed by atoms with E-state index < -0.39 is 26.4 Å². The first-order chi connectivity index (χ1) is 12.5. The molecule has 154 valence electrons. The van der Waals surface area contributed by atoms with Crippen molar-refractivity contribution in [2.45, 2.75) is 103 Å². The molecule has 0 aliphatic carbocycles. The molecule has 1 unspecified atom stereocenters. The predicted octanol–water partition coefficient (Wildman–Crippen LogP) is 5.30. The molecule has 0 fully saturated rings. The number of carbonyl (C=O) groups is 1. The first-order valence-electron chi connectivity index (χ1n) is 10.3. The quantitative estimate of drug-likeness (QED) is 0.229. The molecule has 0 aromatic heterocycles. The van der Waals surface area contributed by atoms with Gasteiger partial charge in [-0.15, -0.1) is 0 Å². The molecule has 0 saturated heterocycles. The lowest BCUT2D eigenvalue weighted by atomic mass is 10.0. The zero-order valence-corrected chi connectivity index (χ0v) is 17.3. The summed E-state index contributed by atoms with van der Waals surface area (Å²) < 4.78 is 23.2. The number of rotatable bonds is 19. The number of aliphatic hydroxyl groups is 1. The molecule has 0 rings (SSSR count). The summed E-state index contributed by atoms with van der Waals surface area (Å²) in [7, 11) is -2.99. The smallest absolute Gasteiger partial charge is 0.399 e. The van der Waals surface area contributed by atoms with Crippen LogP contribution < -0.4 is 0 Å². The second-order valence-corrected chi connectivity index (χ2v) is 8.02. The van der Waals surface area contributed by atoms with Crippen molar-refractivity contribution < 1.29 is 24.1 Å². The van der Waals surface area contributed by atoms with Gasteiger partial charge in [0.2, 0.25) is 0 Å². The molecule has 0 radical (unpaired) electrons. The second-order valence-electron chi connectivity index (χ2n) is 7.03. The fraction of sp³-hybridized carbons (Fsp3) is 0.947. The average molecular weight is 391 g/mol. The van der Waals surface area contributed by atoms with E-state index in [9.17, 15) is 13.9 Å². The highest BCUT2D eigenvalue weighted by molar-refractivity contribution is 7.27. The van der Waals surface area contributed by atoms with Crippen LogP contribution in [0.25, 0.3) is 0 Å². The summed E-state index contributed by atoms with van der Waals surface area (Å²) in [6.45, 7) is 1.70. The summed E-state index contributed by atoms with van der Waals surface area (Å²) in [4.78, 5) is 11.0. The molecule has 0 saturated carbocycles. The number of hydrogen-bond donors (Lipinski definition) is 2. The monoisotopic (exact) mass is 391 g/mol. The lowest BCUT2D eigenvalue weighted by Gasteiger charge is -2.19. The molecule has 0 amide bonds. The van der Waals surface area contributed by atoms with Crippen LogP contribution in [0.4, 0.5) is 0 Å². The minimum Gasteiger partial charge on any atom is -0.480 e. The Morgan fingerprint density at radius 3 is 1.50 bits per heavy atom. The second kappa shape index (κ2) is 17.7. The highest BCUT2D eigenvalue weighted by Gasteiger charge is 2.28. The minimum absolute atomic E-state index is 0.161. The number of carboxylic acid groups (broad SMARTS) is 1. The molecular formula is C19H38NO5P. The Kier molecular flexibility index (Phi) is 17.2. The molecular weight excluding hydrogens is 353 g/mol. The molecule has 0 aliphatic heterocycles. The summed E-state index contributed by atoms with van der Waals surface area (Å²) in [5.41, 5.74) is 0. The number of unbranched alkanes of at least 4 members (excludes halogenated alkanes) is 13. The highest BCUT2D eigenvalue weighted by atomic mass is 31.1. The summed E-state index contributed by atoms with van der Waals surface area (Å²) in [5.74, 6) is -1.31. The van der Waals surface area contributed by atoms with Gasteiger partial charge in [0.1, 0.15) is 6.04 Å². The van der Waals surface area contributed by atoms with Crippen molar-refractivity contribution >= 4 is 13.8 Å². The van der Waals surface area contributed by atoms with Crippen molar-refractivity contribution in [1.82, 2.24) is 4.67 Å². The van der Waals surface area contributed by atoms with E-state index in [4.69, 9.17) is 10.2 Å². The Hall–Kier alpha value is -0.710. The Morgan fingerprint density at radius 2 is 1.19 bits per heavy atom. The van der Waals surface area contributed by atoms with Crippen LogP contribution in [0.1, 0.15) is 96.8 Å². The van der Waals surface area contributed by atoms with Crippen LogP contribution in [0.2, 0.25) is 0 Å². The Labute approximate surface area is 159 Å². The van der Waals surface area contributed by atoms with Gasteiger partial charge in [-0.25, -0.2) is 9.13 Å². The third-order valence-electron chi connectivity index (χ3n) is 4.77. The van der Waals surface area contributed by atoms with Crippen LogP contribution >= 0.6 is 7.83 Å². The van der Waals surface area contributed by atoms with Gasteiger partial charge in [-0.3, -0.25) is 4.79 Å². The van der Waals surface area contributed by atoms with E-state index in [2.05, 4.69) is 6.92 Å². The molecule has 0 aromatic rings. The molecule has 1 atom stereocenters. The maximum Gasteiger partial charge on any atom is 0.399 e. The van der Waals surface area contributed by atoms with Crippen molar-refractivity contribution in [3.63, 3.8) is 0 Å². The van der Waals surface area contributed by atoms with Crippen molar-refractivity contribution in [1.29, 1.82) is 0 Å². The van der Waals surface area contributed by atoms with E-state index in [1.165, 1.54) is 64.2 Å². The third-order valence-corrected chi connectivity index (χ3v) is 5.67. The van der Waals surface area contributed by atoms with Crippen LogP contribution in [0.5, 0.6) is 0 Å². The van der Waals surface area contributed by atoms with Crippen LogP contribution in [0.3, 0.4) is 0 Å². The number of aliphatic carboxylic acids is 1. The topological polar surface area (TPSA) is 94.9 Å². The van der Waals surface area contributed by atoms with Gasteiger partial charge in [-0.1, -0.05) is 90.4 Å². The normalized spacial score (nSPS) is 12.4. The molecule has 0 heterocycles. The SMILES string of the molecule is CCCCCCCCCCCCCCCCN(C(CO)C(=O)O)P(=O)=O. The van der Waals surface area contributed by atoms with Crippen LogP contribution in [-0.2, 0) is 13.9 Å². The van der Waals surface area contributed by atoms with Gasteiger partial charge in [0.15, 0.2) is 0 Å². The van der Waals surface area contributed by atoms with Gasteiger partial charge >= 0.3 is 13.8 Å². The van der Waals surface area contributed by atoms with Crippen molar-refractivity contribution in [2.75, 3.05) is 13.2 Å². The molecule has 7 heteroatoms. The van der Waals surface area contributed by atoms with Crippen molar-refractivity contribution in [3.8, 4) is 0 Å². The average Bonchev–Trinajstić information content (AvgIpc) is 2.60. The van der Waals surface area contributed by atoms with Crippen molar-refractivity contribution in [3.05, 3.63) is 0 Å². The van der Waals surface area contributed by atoms with E-state index >= 15 is 0 Å². The summed E-state index contributed by atoms with van der Waals surface area (Å²) in [6.07, 6.45) is 16.9. The van der Waals surface area contributed by atoms with Crippen LogP contribution in [0, 0.1) is 0 Å². The molecule has 0 aromatic carbocycles. The Bertz CT molecular complexity index is 407. The van der Waals surface area contributed by atoms with E-state index in [0.29, 0.717) is 6.42 Å². The summed E-state index contributed by atoms with van der Waals surface area (Å²) in [5, 5.41) is 18.0. The van der Waals surface area contributed by atoms with E-state index in [-0.39, 0.29) is 6.54 Å². The standard InChI is InChI=1S/C19H38NO5P/c1-2-3-4-5-6-7-8-9-10-11-12-13-14-15-16-20(26(24)25)18(17-21)19(22)23/h18,21H,2-17H2,1H3,(H,22,23). The van der Waals surface area contributed by atoms with E-state index in [1.807, 2.05) is 0 Å². The highest BCUT2D eigenvalue weighted by Crippen LogP contribution is 2.20. The molecule has 0 spiro atoms. The predicted molar refractivity (Wildman–Crippen MR) is 104 cm³/mol. The number of hydrogen-bond acceptors (Lipinski definition) is 4. The Morgan fingerprint density at radius 1 is 0.808 bits per heavy atom. The van der Waals surface area contributed by atoms with E-state index in [1.54, 1.807) is 0 Å². The number of carboxylic acids is 1.